The number of aryl methyl sites for hydroxylation is 2. The highest BCUT2D eigenvalue weighted by Gasteiger charge is 2.05. The van der Waals surface area contributed by atoms with Crippen LogP contribution in [0.25, 0.3) is 0 Å². The summed E-state index contributed by atoms with van der Waals surface area (Å²) in [5.74, 6) is 0.279. The van der Waals surface area contributed by atoms with Crippen LogP contribution in [0.1, 0.15) is 12.2 Å². The molecule has 7 nitrogen and oxygen atoms in total. The fourth-order valence-corrected chi connectivity index (χ4v) is 1.66. The molecule has 8 heteroatoms. The maximum Gasteiger partial charge on any atom is 0.221 e. The Balaban J connectivity index is 1.63. The highest BCUT2D eigenvalue weighted by Crippen LogP contribution is 2.14. The van der Waals surface area contributed by atoms with E-state index in [1.165, 1.54) is 12.1 Å². The molecular formula is C13H16FN5O2. The molecule has 2 rings (SSSR count). The summed E-state index contributed by atoms with van der Waals surface area (Å²) in [5.41, 5.74) is 0. The van der Waals surface area contributed by atoms with E-state index in [4.69, 9.17) is 4.74 Å². The van der Waals surface area contributed by atoms with E-state index in [0.717, 1.165) is 0 Å². The topological polar surface area (TPSA) is 81.9 Å². The number of amides is 1. The highest BCUT2D eigenvalue weighted by atomic mass is 19.1. The number of rotatable bonds is 7. The molecule has 2 aromatic rings. The number of carbonyl (C=O) groups excluding carboxylic acids is 1. The van der Waals surface area contributed by atoms with Crippen LogP contribution in [0.15, 0.2) is 24.3 Å². The number of nitrogens with one attached hydrogen (secondary N) is 1. The van der Waals surface area contributed by atoms with Crippen molar-refractivity contribution in [2.45, 2.75) is 19.9 Å². The zero-order chi connectivity index (χ0) is 15.1. The third-order valence-electron chi connectivity index (χ3n) is 2.78. The van der Waals surface area contributed by atoms with E-state index < -0.39 is 5.82 Å². The molecule has 1 amide bonds. The predicted molar refractivity (Wildman–Crippen MR) is 72.1 cm³/mol. The molecule has 1 aromatic heterocycles. The second-order valence-corrected chi connectivity index (χ2v) is 4.33. The van der Waals surface area contributed by atoms with Crippen molar-refractivity contribution in [3.05, 3.63) is 35.9 Å². The molecule has 0 atom stereocenters. The molecule has 0 aliphatic heterocycles. The monoisotopic (exact) mass is 293 g/mol. The van der Waals surface area contributed by atoms with Crippen LogP contribution < -0.4 is 10.1 Å². The fraction of sp³-hybridized carbons (Fsp3) is 0.385. The van der Waals surface area contributed by atoms with Crippen LogP contribution in [0.4, 0.5) is 4.39 Å². The lowest BCUT2D eigenvalue weighted by Crippen LogP contribution is -2.29. The van der Waals surface area contributed by atoms with Crippen molar-refractivity contribution in [3.63, 3.8) is 0 Å². The van der Waals surface area contributed by atoms with Gasteiger partial charge in [0.2, 0.25) is 5.91 Å². The number of ether oxygens (including phenoxy) is 1. The number of para-hydroxylation sites is 1. The minimum atomic E-state index is -0.419. The molecule has 1 heterocycles. The van der Waals surface area contributed by atoms with Crippen LogP contribution >= 0.6 is 0 Å². The number of halogens is 1. The number of aromatic nitrogens is 4. The molecule has 1 N–H and O–H groups in total. The second-order valence-electron chi connectivity index (χ2n) is 4.33. The van der Waals surface area contributed by atoms with Crippen molar-refractivity contribution < 1.29 is 13.9 Å². The van der Waals surface area contributed by atoms with E-state index in [1.807, 2.05) is 0 Å². The Labute approximate surface area is 121 Å². The number of benzene rings is 1. The van der Waals surface area contributed by atoms with Gasteiger partial charge in [-0.3, -0.25) is 4.79 Å². The van der Waals surface area contributed by atoms with Gasteiger partial charge < -0.3 is 10.1 Å². The van der Waals surface area contributed by atoms with E-state index in [9.17, 15) is 9.18 Å². The van der Waals surface area contributed by atoms with Crippen LogP contribution in [0.5, 0.6) is 5.75 Å². The first-order valence-electron chi connectivity index (χ1n) is 6.53. The van der Waals surface area contributed by atoms with Crippen molar-refractivity contribution in [1.29, 1.82) is 0 Å². The highest BCUT2D eigenvalue weighted by molar-refractivity contribution is 5.75. The van der Waals surface area contributed by atoms with Crippen molar-refractivity contribution in [2.75, 3.05) is 13.2 Å². The fourth-order valence-electron chi connectivity index (χ4n) is 1.66. The Bertz CT molecular complexity index is 602. The summed E-state index contributed by atoms with van der Waals surface area (Å²) < 4.78 is 20.0. The average molecular weight is 293 g/mol. The van der Waals surface area contributed by atoms with Gasteiger partial charge in [0.25, 0.3) is 0 Å². The van der Waals surface area contributed by atoms with Gasteiger partial charge in [0.15, 0.2) is 11.6 Å². The van der Waals surface area contributed by atoms with Crippen LogP contribution in [0.3, 0.4) is 0 Å². The Kier molecular flexibility index (Phi) is 5.19. The van der Waals surface area contributed by atoms with Gasteiger partial charge >= 0.3 is 0 Å². The van der Waals surface area contributed by atoms with Gasteiger partial charge in [-0.15, -0.1) is 5.10 Å². The number of carbonyl (C=O) groups is 1. The van der Waals surface area contributed by atoms with Gasteiger partial charge in [-0.05, 0) is 29.5 Å². The van der Waals surface area contributed by atoms with Crippen molar-refractivity contribution >= 4 is 5.91 Å². The van der Waals surface area contributed by atoms with Crippen LogP contribution in [0, 0.1) is 12.7 Å². The lowest BCUT2D eigenvalue weighted by atomic mass is 10.3. The van der Waals surface area contributed by atoms with E-state index in [-0.39, 0.29) is 24.7 Å². The number of hydrogen-bond donors (Lipinski definition) is 1. The lowest BCUT2D eigenvalue weighted by molar-refractivity contribution is -0.121. The van der Waals surface area contributed by atoms with Gasteiger partial charge in [0.05, 0.1) is 13.1 Å². The Morgan fingerprint density at radius 2 is 2.24 bits per heavy atom. The largest absolute Gasteiger partial charge is 0.489 e. The summed E-state index contributed by atoms with van der Waals surface area (Å²) in [4.78, 5) is 11.6. The molecule has 112 valence electrons. The summed E-state index contributed by atoms with van der Waals surface area (Å²) in [7, 11) is 0. The first kappa shape index (κ1) is 14.9. The van der Waals surface area contributed by atoms with Crippen molar-refractivity contribution in [3.8, 4) is 5.75 Å². The van der Waals surface area contributed by atoms with Gasteiger partial charge in [-0.2, -0.15) is 0 Å². The van der Waals surface area contributed by atoms with Crippen LogP contribution in [0.2, 0.25) is 0 Å². The Morgan fingerprint density at radius 1 is 1.43 bits per heavy atom. The summed E-state index contributed by atoms with van der Waals surface area (Å²) >= 11 is 0. The number of hydrogen-bond acceptors (Lipinski definition) is 5. The molecule has 0 unspecified atom stereocenters. The molecule has 0 saturated carbocycles. The smallest absolute Gasteiger partial charge is 0.221 e. The summed E-state index contributed by atoms with van der Waals surface area (Å²) in [6, 6.07) is 6.14. The molecule has 0 fully saturated rings. The molecule has 0 aliphatic rings. The van der Waals surface area contributed by atoms with E-state index >= 15 is 0 Å². The van der Waals surface area contributed by atoms with Gasteiger partial charge in [0.1, 0.15) is 12.4 Å². The average Bonchev–Trinajstić information content (AvgIpc) is 2.88. The van der Waals surface area contributed by atoms with Gasteiger partial charge in [0, 0.05) is 6.42 Å². The minimum Gasteiger partial charge on any atom is -0.489 e. The Morgan fingerprint density at radius 3 is 2.95 bits per heavy atom. The summed E-state index contributed by atoms with van der Waals surface area (Å²) in [6.45, 7) is 2.69. The first-order chi connectivity index (χ1) is 10.2. The summed E-state index contributed by atoms with van der Waals surface area (Å²) in [6.07, 6.45) is 0.269. The molecular weight excluding hydrogens is 277 g/mol. The van der Waals surface area contributed by atoms with Crippen molar-refractivity contribution in [2.24, 2.45) is 0 Å². The second kappa shape index (κ2) is 7.32. The molecule has 0 saturated heterocycles. The Hall–Kier alpha value is -2.51. The third kappa shape index (κ3) is 4.51. The molecule has 1 aromatic carbocycles. The normalized spacial score (nSPS) is 10.4. The summed E-state index contributed by atoms with van der Waals surface area (Å²) in [5, 5.41) is 13.6. The molecule has 21 heavy (non-hydrogen) atoms. The van der Waals surface area contributed by atoms with Gasteiger partial charge in [-0.1, -0.05) is 12.1 Å². The maximum absolute atomic E-state index is 13.3. The predicted octanol–water partition coefficient (Wildman–Crippen LogP) is 0.706. The zero-order valence-electron chi connectivity index (χ0n) is 11.6. The maximum atomic E-state index is 13.3. The SMILES string of the molecule is Cc1nnnn1CCC(=O)NCCOc1ccccc1F. The minimum absolute atomic E-state index is 0.137. The molecule has 0 spiro atoms. The molecule has 0 bridgehead atoms. The van der Waals surface area contributed by atoms with Gasteiger partial charge in [-0.25, -0.2) is 9.07 Å². The van der Waals surface area contributed by atoms with E-state index in [1.54, 1.807) is 23.7 Å². The van der Waals surface area contributed by atoms with Crippen LogP contribution in [-0.4, -0.2) is 39.3 Å². The first-order valence-corrected chi connectivity index (χ1v) is 6.53. The molecule has 0 radical (unpaired) electrons. The van der Waals surface area contributed by atoms with E-state index in [2.05, 4.69) is 20.8 Å². The van der Waals surface area contributed by atoms with Crippen LogP contribution in [-0.2, 0) is 11.3 Å². The lowest BCUT2D eigenvalue weighted by Gasteiger charge is -2.08. The number of tetrazole rings is 1. The zero-order valence-corrected chi connectivity index (χ0v) is 11.6. The quantitative estimate of drug-likeness (QED) is 0.760. The standard InChI is InChI=1S/C13H16FN5O2/c1-10-16-17-18-19(10)8-6-13(20)15-7-9-21-12-5-3-2-4-11(12)14/h2-5H,6-9H2,1H3,(H,15,20). The number of nitrogens with zero attached hydrogens (tertiary/aromatic N) is 4. The van der Waals surface area contributed by atoms with Crippen molar-refractivity contribution in [1.82, 2.24) is 25.5 Å². The molecule has 0 aliphatic carbocycles. The third-order valence-corrected chi connectivity index (χ3v) is 2.78. The van der Waals surface area contributed by atoms with E-state index in [0.29, 0.717) is 18.9 Å².